The molecule has 10 nitrogen and oxygen atoms in total. The van der Waals surface area contributed by atoms with Crippen LogP contribution in [0.2, 0.25) is 5.04 Å². The molecule has 2 saturated carbocycles. The first-order chi connectivity index (χ1) is 28.7. The van der Waals surface area contributed by atoms with E-state index in [2.05, 4.69) is 25.8 Å². The third kappa shape index (κ3) is 7.17. The maximum absolute atomic E-state index is 15.4. The third-order valence-corrected chi connectivity index (χ3v) is 18.9. The molecule has 314 valence electrons. The number of benzene rings is 3. The molecule has 3 aromatic heterocycles. The zero-order valence-electron chi connectivity index (χ0n) is 35.1. The van der Waals surface area contributed by atoms with E-state index in [1.807, 2.05) is 84.9 Å². The monoisotopic (exact) mass is 849 g/mol. The van der Waals surface area contributed by atoms with Crippen LogP contribution < -0.4 is 26.4 Å². The summed E-state index contributed by atoms with van der Waals surface area (Å²) in [7, 11) is -1.88. The normalized spacial score (nSPS) is 20.0. The van der Waals surface area contributed by atoms with Gasteiger partial charge in [0.2, 0.25) is 5.89 Å². The fourth-order valence-corrected chi connectivity index (χ4v) is 15.4. The lowest BCUT2D eigenvalue weighted by Crippen LogP contribution is -2.69. The number of halogens is 1. The number of carbonyl (C=O) groups is 1. The highest BCUT2D eigenvalue weighted by Crippen LogP contribution is 2.48. The second-order valence-electron chi connectivity index (χ2n) is 17.8. The maximum atomic E-state index is 15.4. The lowest BCUT2D eigenvalue weighted by molar-refractivity contribution is -0.144. The Morgan fingerprint density at radius 2 is 1.52 bits per heavy atom. The molecular weight excluding hydrogens is 798 g/mol. The summed E-state index contributed by atoms with van der Waals surface area (Å²) in [6.07, 6.45) is 3.82. The van der Waals surface area contributed by atoms with Crippen molar-refractivity contribution in [1.29, 1.82) is 0 Å². The van der Waals surface area contributed by atoms with Gasteiger partial charge < -0.3 is 18.3 Å². The molecule has 2 aliphatic carbocycles. The van der Waals surface area contributed by atoms with Gasteiger partial charge in [0.05, 0.1) is 36.2 Å². The zero-order valence-corrected chi connectivity index (χ0v) is 37.0. The molecule has 0 aliphatic heterocycles. The number of carbonyl (C=O) groups excluding carboxylic acids is 1. The number of hydrogen-bond donors (Lipinski definition) is 0. The molecule has 0 N–H and O–H groups in total. The van der Waals surface area contributed by atoms with Gasteiger partial charge in [-0.25, -0.2) is 18.7 Å². The molecule has 0 radical (unpaired) electrons. The standard InChI is InChI=1S/C47H52FN3O7SSi/c1-29-39-42(52)51(47(5,6)44(53)58-60(46(2,3)4,34-16-10-8-11-17-34)35-18-12-9-13-19-35)45(54)50(43(39)59-40(29)41-49-22-23-56-41)28-38(36-20-14-15-21-37(36)55-7)57-33-26-30-24-32(48)25-31(30)27-33/h8-23,30-33,38H,24-28H2,1-7H3/t30-,31+,32?,33?,38?. The zero-order chi connectivity index (χ0) is 42.6. The van der Waals surface area contributed by atoms with Gasteiger partial charge in [0.1, 0.15) is 34.7 Å². The van der Waals surface area contributed by atoms with E-state index in [4.69, 9.17) is 18.3 Å². The van der Waals surface area contributed by atoms with Crippen LogP contribution in [0.5, 0.6) is 5.75 Å². The molecule has 0 amide bonds. The number of thiophene rings is 1. The van der Waals surface area contributed by atoms with E-state index in [0.29, 0.717) is 52.6 Å². The summed E-state index contributed by atoms with van der Waals surface area (Å²) in [5.41, 5.74) is -1.81. The number of nitrogens with zero attached hydrogens (tertiary/aromatic N) is 3. The van der Waals surface area contributed by atoms with Crippen LogP contribution in [0.1, 0.15) is 77.5 Å². The molecular formula is C47H52FN3O7SSi. The predicted molar refractivity (Wildman–Crippen MR) is 235 cm³/mol. The second kappa shape index (κ2) is 16.1. The van der Waals surface area contributed by atoms with Crippen molar-refractivity contribution >= 4 is 46.2 Å². The first kappa shape index (κ1) is 41.6. The summed E-state index contributed by atoms with van der Waals surface area (Å²) in [6, 6.07) is 27.1. The molecule has 60 heavy (non-hydrogen) atoms. The van der Waals surface area contributed by atoms with Crippen molar-refractivity contribution in [3.8, 4) is 16.5 Å². The third-order valence-electron chi connectivity index (χ3n) is 12.7. The molecule has 13 heteroatoms. The minimum atomic E-state index is -3.47. The number of methoxy groups -OCH3 is 1. The lowest BCUT2D eigenvalue weighted by atomic mass is 10.0. The largest absolute Gasteiger partial charge is 0.508 e. The Kier molecular flexibility index (Phi) is 11.1. The molecule has 0 spiro atoms. The summed E-state index contributed by atoms with van der Waals surface area (Å²) in [6.45, 7) is 11.1. The number of oxazole rings is 1. The summed E-state index contributed by atoms with van der Waals surface area (Å²) in [4.78, 5) is 51.0. The van der Waals surface area contributed by atoms with Crippen LogP contribution in [0.3, 0.4) is 0 Å². The molecule has 3 unspecified atom stereocenters. The SMILES string of the molecule is COc1ccccc1C(Cn1c(=O)n(C(C)(C)C(=O)O[Si](c2ccccc2)(c2ccccc2)C(C)(C)C)c(=O)c2c(C)c(-c3ncco3)sc21)OC1C[C@H]2CC(F)C[C@H]2C1. The Balaban J connectivity index is 1.30. The molecule has 6 aromatic rings. The summed E-state index contributed by atoms with van der Waals surface area (Å²) in [5, 5.41) is 1.47. The molecule has 2 fully saturated rings. The number of para-hydroxylation sites is 1. The van der Waals surface area contributed by atoms with Gasteiger partial charge in [-0.2, -0.15) is 0 Å². The lowest BCUT2D eigenvalue weighted by Gasteiger charge is -2.43. The molecule has 3 heterocycles. The molecule has 2 aliphatic rings. The number of fused-ring (bicyclic) bond motifs is 2. The van der Waals surface area contributed by atoms with Gasteiger partial charge in [-0.3, -0.25) is 14.2 Å². The highest BCUT2D eigenvalue weighted by atomic mass is 32.1. The number of aryl methyl sites for hydroxylation is 1. The Bertz CT molecular complexity index is 2560. The van der Waals surface area contributed by atoms with Gasteiger partial charge >= 0.3 is 20.0 Å². The van der Waals surface area contributed by atoms with E-state index >= 15 is 14.4 Å². The Morgan fingerprint density at radius 3 is 2.08 bits per heavy atom. The first-order valence-electron chi connectivity index (χ1n) is 20.6. The van der Waals surface area contributed by atoms with Crippen LogP contribution in [0.15, 0.2) is 111 Å². The Morgan fingerprint density at radius 1 is 0.917 bits per heavy atom. The summed E-state index contributed by atoms with van der Waals surface area (Å²) in [5.74, 6) is 0.670. The van der Waals surface area contributed by atoms with Gasteiger partial charge in [-0.1, -0.05) is 99.6 Å². The van der Waals surface area contributed by atoms with E-state index in [0.717, 1.165) is 20.5 Å². The average Bonchev–Trinajstić information content (AvgIpc) is 4.03. The predicted octanol–water partition coefficient (Wildman–Crippen LogP) is 8.32. The minimum Gasteiger partial charge on any atom is -0.508 e. The van der Waals surface area contributed by atoms with Gasteiger partial charge in [-0.15, -0.1) is 11.3 Å². The summed E-state index contributed by atoms with van der Waals surface area (Å²) < 4.78 is 42.5. The minimum absolute atomic E-state index is 0.0155. The topological polar surface area (TPSA) is 115 Å². The van der Waals surface area contributed by atoms with E-state index < -0.39 is 48.4 Å². The van der Waals surface area contributed by atoms with Gasteiger partial charge in [-0.05, 0) is 85.3 Å². The second-order valence-corrected chi connectivity index (χ2v) is 23.0. The number of rotatable bonds is 12. The van der Waals surface area contributed by atoms with Crippen LogP contribution in [0, 0.1) is 18.8 Å². The van der Waals surface area contributed by atoms with Crippen molar-refractivity contribution in [3.63, 3.8) is 0 Å². The Labute approximate surface area is 354 Å². The highest BCUT2D eigenvalue weighted by molar-refractivity contribution is 7.22. The van der Waals surface area contributed by atoms with Crippen molar-refractivity contribution in [1.82, 2.24) is 14.1 Å². The quantitative estimate of drug-likeness (QED) is 0.113. The smallest absolute Gasteiger partial charge is 0.333 e. The van der Waals surface area contributed by atoms with Crippen LogP contribution in [0.4, 0.5) is 4.39 Å². The fraction of sp³-hybridized carbons (Fsp3) is 0.404. The number of alkyl halides is 1. The van der Waals surface area contributed by atoms with Crippen molar-refractivity contribution in [2.75, 3.05) is 7.11 Å². The average molecular weight is 850 g/mol. The molecule has 5 atom stereocenters. The van der Waals surface area contributed by atoms with Crippen molar-refractivity contribution in [3.05, 3.63) is 129 Å². The Hall–Kier alpha value is -5.11. The van der Waals surface area contributed by atoms with Crippen LogP contribution in [-0.4, -0.2) is 47.8 Å². The van der Waals surface area contributed by atoms with Gasteiger partial charge in [0.25, 0.3) is 5.56 Å². The van der Waals surface area contributed by atoms with Crippen molar-refractivity contribution < 1.29 is 27.5 Å². The van der Waals surface area contributed by atoms with Crippen molar-refractivity contribution in [2.24, 2.45) is 11.8 Å². The van der Waals surface area contributed by atoms with Gasteiger partial charge in [0, 0.05) is 5.56 Å². The maximum Gasteiger partial charge on any atom is 0.333 e. The van der Waals surface area contributed by atoms with E-state index in [-0.39, 0.29) is 29.9 Å². The highest BCUT2D eigenvalue weighted by Gasteiger charge is 2.55. The van der Waals surface area contributed by atoms with Gasteiger partial charge in [0.15, 0.2) is 0 Å². The molecule has 0 saturated heterocycles. The van der Waals surface area contributed by atoms with E-state index in [1.165, 1.54) is 23.8 Å². The molecule has 8 rings (SSSR count). The van der Waals surface area contributed by atoms with Crippen LogP contribution in [-0.2, 0) is 26.0 Å². The first-order valence-corrected chi connectivity index (χ1v) is 23.3. The van der Waals surface area contributed by atoms with Crippen molar-refractivity contribution in [2.45, 2.75) is 103 Å². The van der Waals surface area contributed by atoms with E-state index in [9.17, 15) is 4.39 Å². The fourth-order valence-electron chi connectivity index (χ4n) is 9.69. The molecule has 0 bridgehead atoms. The number of aromatic nitrogens is 3. The molecule has 3 aromatic carbocycles. The summed E-state index contributed by atoms with van der Waals surface area (Å²) >= 11 is 1.23. The van der Waals surface area contributed by atoms with Crippen LogP contribution >= 0.6 is 11.3 Å². The number of ether oxygens (including phenoxy) is 2. The van der Waals surface area contributed by atoms with E-state index in [1.54, 1.807) is 32.4 Å². The van der Waals surface area contributed by atoms with Crippen LogP contribution in [0.25, 0.3) is 21.0 Å². The number of hydrogen-bond acceptors (Lipinski definition) is 9.